The van der Waals surface area contributed by atoms with Crippen molar-refractivity contribution in [2.75, 3.05) is 13.2 Å². The molecule has 2 rings (SSSR count). The molecule has 2 aromatic heterocycles. The van der Waals surface area contributed by atoms with Crippen LogP contribution in [0.4, 0.5) is 0 Å². The molecule has 0 amide bonds. The summed E-state index contributed by atoms with van der Waals surface area (Å²) >= 11 is 0. The number of pyridine rings is 1. The Labute approximate surface area is 100 Å². The largest absolute Gasteiger partial charge is 0.379 e. The normalized spacial score (nSPS) is 13.1. The molecule has 0 saturated carbocycles. The van der Waals surface area contributed by atoms with Gasteiger partial charge >= 0.3 is 0 Å². The molecule has 1 N–H and O–H groups in total. The minimum atomic E-state index is -0.0390. The van der Waals surface area contributed by atoms with Gasteiger partial charge in [0.25, 0.3) is 5.56 Å². The van der Waals surface area contributed by atoms with Crippen LogP contribution in [0.15, 0.2) is 29.3 Å². The second-order valence-electron chi connectivity index (χ2n) is 4.25. The number of aromatic amines is 1. The molecule has 92 valence electrons. The second kappa shape index (κ2) is 5.19. The van der Waals surface area contributed by atoms with Gasteiger partial charge in [0, 0.05) is 19.0 Å². The van der Waals surface area contributed by atoms with E-state index in [1.165, 1.54) is 0 Å². The fraction of sp³-hybridized carbons (Fsp3) is 0.462. The van der Waals surface area contributed by atoms with E-state index >= 15 is 0 Å². The summed E-state index contributed by atoms with van der Waals surface area (Å²) < 4.78 is 7.62. The average molecular weight is 234 g/mol. The van der Waals surface area contributed by atoms with Crippen LogP contribution in [0, 0.1) is 0 Å². The summed E-state index contributed by atoms with van der Waals surface area (Å²) in [7, 11) is 0. The average Bonchev–Trinajstić information content (AvgIpc) is 2.74. The van der Waals surface area contributed by atoms with Crippen LogP contribution >= 0.6 is 0 Å². The van der Waals surface area contributed by atoms with Gasteiger partial charge in [-0.05, 0) is 25.5 Å². The van der Waals surface area contributed by atoms with E-state index < -0.39 is 0 Å². The molecule has 17 heavy (non-hydrogen) atoms. The van der Waals surface area contributed by atoms with E-state index in [0.717, 1.165) is 23.9 Å². The van der Waals surface area contributed by atoms with Gasteiger partial charge in [0.05, 0.1) is 23.6 Å². The molecule has 0 aromatic carbocycles. The van der Waals surface area contributed by atoms with Crippen molar-refractivity contribution in [3.05, 3.63) is 34.9 Å². The summed E-state index contributed by atoms with van der Waals surface area (Å²) in [5, 5.41) is 0.731. The molecule has 4 heteroatoms. The predicted molar refractivity (Wildman–Crippen MR) is 68.4 cm³/mol. The monoisotopic (exact) mass is 234 g/mol. The molecule has 0 aliphatic rings. The van der Waals surface area contributed by atoms with E-state index in [1.807, 2.05) is 18.3 Å². The van der Waals surface area contributed by atoms with Gasteiger partial charge in [-0.25, -0.2) is 0 Å². The zero-order chi connectivity index (χ0) is 12.3. The summed E-state index contributed by atoms with van der Waals surface area (Å²) in [4.78, 5) is 14.3. The first-order valence-electron chi connectivity index (χ1n) is 6.00. The minimum Gasteiger partial charge on any atom is -0.379 e. The highest BCUT2D eigenvalue weighted by Crippen LogP contribution is 2.16. The van der Waals surface area contributed by atoms with Crippen molar-refractivity contribution in [2.45, 2.75) is 26.3 Å². The van der Waals surface area contributed by atoms with E-state index in [0.29, 0.717) is 6.61 Å². The van der Waals surface area contributed by atoms with Crippen molar-refractivity contribution < 1.29 is 4.74 Å². The molecule has 2 aromatic rings. The van der Waals surface area contributed by atoms with Gasteiger partial charge in [-0.15, -0.1) is 0 Å². The first kappa shape index (κ1) is 11.9. The number of fused-ring (bicyclic) bond motifs is 1. The molecule has 0 aliphatic heterocycles. The highest BCUT2D eigenvalue weighted by molar-refractivity contribution is 5.78. The van der Waals surface area contributed by atoms with E-state index in [4.69, 9.17) is 4.74 Å². The Hall–Kier alpha value is -1.55. The van der Waals surface area contributed by atoms with Crippen LogP contribution in [0.3, 0.4) is 0 Å². The van der Waals surface area contributed by atoms with E-state index in [1.54, 1.807) is 6.20 Å². The molecule has 0 radical (unpaired) electrons. The zero-order valence-corrected chi connectivity index (χ0v) is 10.3. The first-order valence-corrected chi connectivity index (χ1v) is 6.00. The Balaban J connectivity index is 2.24. The van der Waals surface area contributed by atoms with Crippen molar-refractivity contribution in [2.24, 2.45) is 0 Å². The number of hydrogen-bond acceptors (Lipinski definition) is 2. The number of nitrogens with zero attached hydrogens (tertiary/aromatic N) is 1. The topological polar surface area (TPSA) is 47.0 Å². The molecule has 0 saturated heterocycles. The lowest BCUT2D eigenvalue weighted by Crippen LogP contribution is -2.12. The lowest BCUT2D eigenvalue weighted by Gasteiger charge is -2.15. The highest BCUT2D eigenvalue weighted by atomic mass is 16.5. The van der Waals surface area contributed by atoms with E-state index in [-0.39, 0.29) is 11.6 Å². The maximum absolute atomic E-state index is 11.6. The Morgan fingerprint density at radius 3 is 3.06 bits per heavy atom. The molecule has 1 unspecified atom stereocenters. The van der Waals surface area contributed by atoms with E-state index in [2.05, 4.69) is 23.4 Å². The SMILES string of the molecule is CCCOCC(C)n1ccc2c(=O)[nH]ccc21. The van der Waals surface area contributed by atoms with Gasteiger partial charge in [0.1, 0.15) is 0 Å². The summed E-state index contributed by atoms with van der Waals surface area (Å²) in [6, 6.07) is 4.01. The fourth-order valence-corrected chi connectivity index (χ4v) is 1.96. The molecule has 0 fully saturated rings. The van der Waals surface area contributed by atoms with Crippen LogP contribution in [0.2, 0.25) is 0 Å². The smallest absolute Gasteiger partial charge is 0.257 e. The van der Waals surface area contributed by atoms with Crippen molar-refractivity contribution in [1.29, 1.82) is 0 Å². The van der Waals surface area contributed by atoms with Crippen LogP contribution in [-0.4, -0.2) is 22.8 Å². The summed E-state index contributed by atoms with van der Waals surface area (Å²) in [5.41, 5.74) is 0.921. The van der Waals surface area contributed by atoms with E-state index in [9.17, 15) is 4.79 Å². The Kier molecular flexibility index (Phi) is 3.64. The fourth-order valence-electron chi connectivity index (χ4n) is 1.96. The Morgan fingerprint density at radius 1 is 1.47 bits per heavy atom. The maximum atomic E-state index is 11.6. The van der Waals surface area contributed by atoms with Crippen LogP contribution in [0.1, 0.15) is 26.3 Å². The van der Waals surface area contributed by atoms with Crippen molar-refractivity contribution >= 4 is 10.9 Å². The maximum Gasteiger partial charge on any atom is 0.257 e. The first-order chi connectivity index (χ1) is 8.24. The zero-order valence-electron chi connectivity index (χ0n) is 10.3. The standard InChI is InChI=1S/C13H18N2O2/c1-3-8-17-9-10(2)15-7-5-11-12(15)4-6-14-13(11)16/h4-7,10H,3,8-9H2,1-2H3,(H,14,16). The molecule has 2 heterocycles. The number of hydrogen-bond donors (Lipinski definition) is 1. The number of ether oxygens (including phenoxy) is 1. The lowest BCUT2D eigenvalue weighted by atomic mass is 10.3. The molecule has 0 spiro atoms. The third kappa shape index (κ3) is 2.42. The van der Waals surface area contributed by atoms with Gasteiger partial charge in [0.2, 0.25) is 0 Å². The van der Waals surface area contributed by atoms with Crippen LogP contribution in [0.25, 0.3) is 10.9 Å². The second-order valence-corrected chi connectivity index (χ2v) is 4.25. The van der Waals surface area contributed by atoms with Crippen molar-refractivity contribution in [1.82, 2.24) is 9.55 Å². The van der Waals surface area contributed by atoms with Crippen LogP contribution in [-0.2, 0) is 4.74 Å². The summed E-state index contributed by atoms with van der Waals surface area (Å²) in [5.74, 6) is 0. The van der Waals surface area contributed by atoms with Gasteiger partial charge in [-0.1, -0.05) is 6.92 Å². The van der Waals surface area contributed by atoms with Gasteiger partial charge in [-0.2, -0.15) is 0 Å². The van der Waals surface area contributed by atoms with Crippen LogP contribution in [0.5, 0.6) is 0 Å². The number of rotatable bonds is 5. The molecule has 0 bridgehead atoms. The van der Waals surface area contributed by atoms with Gasteiger partial charge in [0.15, 0.2) is 0 Å². The lowest BCUT2D eigenvalue weighted by molar-refractivity contribution is 0.109. The molecular formula is C13H18N2O2. The summed E-state index contributed by atoms with van der Waals surface area (Å²) in [6.07, 6.45) is 4.65. The summed E-state index contributed by atoms with van der Waals surface area (Å²) in [6.45, 7) is 5.64. The molecule has 0 aliphatic carbocycles. The molecular weight excluding hydrogens is 216 g/mol. The van der Waals surface area contributed by atoms with Gasteiger partial charge in [-0.3, -0.25) is 4.79 Å². The predicted octanol–water partition coefficient (Wildman–Crippen LogP) is 2.32. The minimum absolute atomic E-state index is 0.0390. The number of nitrogens with one attached hydrogen (secondary N) is 1. The highest BCUT2D eigenvalue weighted by Gasteiger charge is 2.09. The van der Waals surface area contributed by atoms with Crippen molar-refractivity contribution in [3.63, 3.8) is 0 Å². The van der Waals surface area contributed by atoms with Crippen LogP contribution < -0.4 is 5.56 Å². The quantitative estimate of drug-likeness (QED) is 0.807. The van der Waals surface area contributed by atoms with Crippen molar-refractivity contribution in [3.8, 4) is 0 Å². The third-order valence-electron chi connectivity index (χ3n) is 2.84. The number of aromatic nitrogens is 2. The molecule has 4 nitrogen and oxygen atoms in total. The number of H-pyrrole nitrogens is 1. The Morgan fingerprint density at radius 2 is 2.29 bits per heavy atom. The third-order valence-corrected chi connectivity index (χ3v) is 2.84. The van der Waals surface area contributed by atoms with Gasteiger partial charge < -0.3 is 14.3 Å². The Bertz CT molecular complexity index is 542. The molecule has 1 atom stereocenters.